The summed E-state index contributed by atoms with van der Waals surface area (Å²) in [6.07, 6.45) is 0.245. The standard InChI is InChI=1S/C5H10N2O3/c1-6-4(5(8)9)2-3-7-10/h4,6H,2-3H2,1H3,(H,8,9). The van der Waals surface area contributed by atoms with E-state index in [4.69, 9.17) is 5.11 Å². The van der Waals surface area contributed by atoms with Crippen molar-refractivity contribution >= 4 is 5.97 Å². The smallest absolute Gasteiger partial charge is 0.320 e. The number of aliphatic carboxylic acids is 1. The molecule has 1 unspecified atom stereocenters. The highest BCUT2D eigenvalue weighted by atomic mass is 16.4. The Morgan fingerprint density at radius 2 is 2.40 bits per heavy atom. The second-order valence-corrected chi connectivity index (χ2v) is 1.82. The molecule has 0 fully saturated rings. The van der Waals surface area contributed by atoms with Crippen LogP contribution >= 0.6 is 0 Å². The van der Waals surface area contributed by atoms with Crippen molar-refractivity contribution in [2.75, 3.05) is 13.6 Å². The number of hydrogen-bond donors (Lipinski definition) is 2. The van der Waals surface area contributed by atoms with Gasteiger partial charge in [-0.05, 0) is 13.5 Å². The Morgan fingerprint density at radius 1 is 1.80 bits per heavy atom. The van der Waals surface area contributed by atoms with Gasteiger partial charge in [0.2, 0.25) is 0 Å². The van der Waals surface area contributed by atoms with Crippen molar-refractivity contribution in [3.05, 3.63) is 4.91 Å². The van der Waals surface area contributed by atoms with Crippen LogP contribution in [0.3, 0.4) is 0 Å². The second-order valence-electron chi connectivity index (χ2n) is 1.82. The van der Waals surface area contributed by atoms with Crippen molar-refractivity contribution < 1.29 is 9.90 Å². The van der Waals surface area contributed by atoms with E-state index >= 15 is 0 Å². The molecule has 0 saturated heterocycles. The van der Waals surface area contributed by atoms with Crippen molar-refractivity contribution in [2.45, 2.75) is 12.5 Å². The highest BCUT2D eigenvalue weighted by molar-refractivity contribution is 5.73. The zero-order valence-electron chi connectivity index (χ0n) is 5.70. The largest absolute Gasteiger partial charge is 0.480 e. The van der Waals surface area contributed by atoms with E-state index in [0.29, 0.717) is 0 Å². The van der Waals surface area contributed by atoms with Crippen LogP contribution in [0.1, 0.15) is 6.42 Å². The number of carboxylic acid groups (broad SMARTS) is 1. The summed E-state index contributed by atoms with van der Waals surface area (Å²) in [5.41, 5.74) is 0. The van der Waals surface area contributed by atoms with Gasteiger partial charge in [-0.2, -0.15) is 4.91 Å². The Bertz CT molecular complexity index is 126. The average Bonchev–Trinajstić information content (AvgIpc) is 1.89. The first-order valence-electron chi connectivity index (χ1n) is 2.91. The summed E-state index contributed by atoms with van der Waals surface area (Å²) in [5, 5.41) is 13.5. The molecule has 2 N–H and O–H groups in total. The van der Waals surface area contributed by atoms with Gasteiger partial charge in [-0.3, -0.25) is 4.79 Å². The van der Waals surface area contributed by atoms with E-state index in [1.807, 2.05) is 0 Å². The molecule has 10 heavy (non-hydrogen) atoms. The van der Waals surface area contributed by atoms with Crippen LogP contribution in [0.15, 0.2) is 5.18 Å². The van der Waals surface area contributed by atoms with E-state index in [2.05, 4.69) is 10.5 Å². The van der Waals surface area contributed by atoms with Crippen LogP contribution in [0.2, 0.25) is 0 Å². The lowest BCUT2D eigenvalue weighted by atomic mass is 10.2. The fourth-order valence-electron chi connectivity index (χ4n) is 0.573. The lowest BCUT2D eigenvalue weighted by Crippen LogP contribution is -2.34. The number of hydrogen-bond acceptors (Lipinski definition) is 4. The van der Waals surface area contributed by atoms with Crippen molar-refractivity contribution in [3.8, 4) is 0 Å². The van der Waals surface area contributed by atoms with Gasteiger partial charge in [-0.1, -0.05) is 5.18 Å². The zero-order valence-corrected chi connectivity index (χ0v) is 5.70. The van der Waals surface area contributed by atoms with Gasteiger partial charge in [0.05, 0.1) is 6.54 Å². The molecule has 0 aromatic rings. The molecule has 0 saturated carbocycles. The van der Waals surface area contributed by atoms with Crippen LogP contribution in [-0.2, 0) is 4.79 Å². The van der Waals surface area contributed by atoms with E-state index in [0.717, 1.165) is 0 Å². The summed E-state index contributed by atoms with van der Waals surface area (Å²) >= 11 is 0. The SMILES string of the molecule is CNC(CCN=O)C(=O)O. The molecule has 0 spiro atoms. The van der Waals surface area contributed by atoms with Crippen LogP contribution in [0, 0.1) is 4.91 Å². The molecule has 0 rings (SSSR count). The lowest BCUT2D eigenvalue weighted by Gasteiger charge is -2.06. The first-order valence-corrected chi connectivity index (χ1v) is 2.91. The molecule has 0 radical (unpaired) electrons. The molecule has 5 nitrogen and oxygen atoms in total. The molecular weight excluding hydrogens is 136 g/mol. The Labute approximate surface area is 58.4 Å². The van der Waals surface area contributed by atoms with Gasteiger partial charge in [0, 0.05) is 0 Å². The van der Waals surface area contributed by atoms with Gasteiger partial charge < -0.3 is 10.4 Å². The number of nitroso groups, excluding NO2 is 1. The Hall–Kier alpha value is -0.970. The third-order valence-corrected chi connectivity index (χ3v) is 1.16. The number of carbonyl (C=O) groups is 1. The molecular formula is C5H10N2O3. The summed E-state index contributed by atoms with van der Waals surface area (Å²) < 4.78 is 0. The number of carboxylic acids is 1. The number of rotatable bonds is 5. The Morgan fingerprint density at radius 3 is 2.70 bits per heavy atom. The van der Waals surface area contributed by atoms with E-state index in [1.54, 1.807) is 0 Å². The maximum atomic E-state index is 10.2. The van der Waals surface area contributed by atoms with Crippen LogP contribution in [-0.4, -0.2) is 30.7 Å². The number of nitrogens with zero attached hydrogens (tertiary/aromatic N) is 1. The maximum absolute atomic E-state index is 10.2. The number of likely N-dealkylation sites (N-methyl/N-ethyl adjacent to an activating group) is 1. The van der Waals surface area contributed by atoms with Crippen LogP contribution in [0.5, 0.6) is 0 Å². The average molecular weight is 146 g/mol. The monoisotopic (exact) mass is 146 g/mol. The van der Waals surface area contributed by atoms with E-state index in [9.17, 15) is 9.70 Å². The predicted octanol–water partition coefficient (Wildman–Crippen LogP) is -0.184. The lowest BCUT2D eigenvalue weighted by molar-refractivity contribution is -0.139. The fraction of sp³-hybridized carbons (Fsp3) is 0.800. The molecule has 58 valence electrons. The topological polar surface area (TPSA) is 78.8 Å². The normalized spacial score (nSPS) is 12.5. The third kappa shape index (κ3) is 3.13. The molecule has 1 atom stereocenters. The molecule has 0 amide bonds. The van der Waals surface area contributed by atoms with Crippen LogP contribution < -0.4 is 5.32 Å². The van der Waals surface area contributed by atoms with Crippen molar-refractivity contribution in [3.63, 3.8) is 0 Å². The molecule has 0 aliphatic rings. The molecule has 0 aliphatic heterocycles. The van der Waals surface area contributed by atoms with Gasteiger partial charge in [0.25, 0.3) is 0 Å². The van der Waals surface area contributed by atoms with Gasteiger partial charge in [-0.15, -0.1) is 0 Å². The molecule has 5 heteroatoms. The summed E-state index contributed by atoms with van der Waals surface area (Å²) in [6, 6.07) is -0.655. The molecule has 0 bridgehead atoms. The first-order chi connectivity index (χ1) is 4.72. The van der Waals surface area contributed by atoms with E-state index in [1.165, 1.54) is 7.05 Å². The minimum Gasteiger partial charge on any atom is -0.480 e. The van der Waals surface area contributed by atoms with Gasteiger partial charge in [0.1, 0.15) is 6.04 Å². The van der Waals surface area contributed by atoms with Crippen molar-refractivity contribution in [2.24, 2.45) is 5.18 Å². The Balaban J connectivity index is 3.60. The summed E-state index contributed by atoms with van der Waals surface area (Å²) in [6.45, 7) is 0.0395. The maximum Gasteiger partial charge on any atom is 0.320 e. The minimum absolute atomic E-state index is 0.0395. The summed E-state index contributed by atoms with van der Waals surface area (Å²) in [7, 11) is 1.53. The van der Waals surface area contributed by atoms with Crippen molar-refractivity contribution in [1.82, 2.24) is 5.32 Å². The van der Waals surface area contributed by atoms with E-state index in [-0.39, 0.29) is 13.0 Å². The van der Waals surface area contributed by atoms with Crippen LogP contribution in [0.4, 0.5) is 0 Å². The quantitative estimate of drug-likeness (QED) is 0.527. The minimum atomic E-state index is -0.953. The summed E-state index contributed by atoms with van der Waals surface area (Å²) in [5.74, 6) is -0.953. The number of nitrogens with one attached hydrogen (secondary N) is 1. The van der Waals surface area contributed by atoms with Crippen molar-refractivity contribution in [1.29, 1.82) is 0 Å². The highest BCUT2D eigenvalue weighted by Gasteiger charge is 2.13. The van der Waals surface area contributed by atoms with Gasteiger partial charge in [-0.25, -0.2) is 0 Å². The molecule has 0 aromatic heterocycles. The molecule has 0 aromatic carbocycles. The fourth-order valence-corrected chi connectivity index (χ4v) is 0.573. The van der Waals surface area contributed by atoms with Crippen LogP contribution in [0.25, 0.3) is 0 Å². The zero-order chi connectivity index (χ0) is 7.98. The molecule has 0 heterocycles. The molecule has 0 aliphatic carbocycles. The summed E-state index contributed by atoms with van der Waals surface area (Å²) in [4.78, 5) is 19.8. The second kappa shape index (κ2) is 4.87. The first kappa shape index (κ1) is 9.03. The van der Waals surface area contributed by atoms with E-state index < -0.39 is 12.0 Å². The Kier molecular flexibility index (Phi) is 4.39. The highest BCUT2D eigenvalue weighted by Crippen LogP contribution is 1.90. The predicted molar refractivity (Wildman–Crippen MR) is 35.8 cm³/mol. The third-order valence-electron chi connectivity index (χ3n) is 1.16. The van der Waals surface area contributed by atoms with Gasteiger partial charge in [0.15, 0.2) is 0 Å². The van der Waals surface area contributed by atoms with Gasteiger partial charge >= 0.3 is 5.97 Å².